The molecule has 6 heteroatoms. The molecule has 1 aromatic rings. The van der Waals surface area contributed by atoms with Crippen LogP contribution in [0.5, 0.6) is 0 Å². The van der Waals surface area contributed by atoms with Crippen molar-refractivity contribution in [2.45, 2.75) is 12.2 Å². The lowest BCUT2D eigenvalue weighted by Gasteiger charge is -2.16. The molecule has 1 heterocycles. The molecule has 1 aliphatic rings. The average molecular weight is 440 g/mol. The first-order valence-electron chi connectivity index (χ1n) is 5.86. The molecule has 0 N–H and O–H groups in total. The van der Waals surface area contributed by atoms with Gasteiger partial charge in [0.05, 0.1) is 5.56 Å². The van der Waals surface area contributed by atoms with Gasteiger partial charge in [-0.05, 0) is 56.7 Å². The number of carbonyl (C=O) groups excluding carboxylic acids is 1. The molecule has 0 saturated carbocycles. The number of likely N-dealkylation sites (tertiary alicyclic amines) is 1. The Morgan fingerprint density at radius 3 is 2.42 bits per heavy atom. The van der Waals surface area contributed by atoms with Gasteiger partial charge in [-0.25, -0.2) is 0 Å². The van der Waals surface area contributed by atoms with Gasteiger partial charge in [0.2, 0.25) is 0 Å². The molecule has 1 aliphatic heterocycles. The van der Waals surface area contributed by atoms with Gasteiger partial charge in [0.1, 0.15) is 12.2 Å². The van der Waals surface area contributed by atoms with Crippen LogP contribution in [0, 0.1) is 3.57 Å². The highest BCUT2D eigenvalue weighted by Crippen LogP contribution is 2.24. The average Bonchev–Trinajstić information content (AvgIpc) is 2.84. The molecule has 1 amide bonds. The second kappa shape index (κ2) is 6.51. The van der Waals surface area contributed by atoms with E-state index in [0.717, 1.165) is 8.04 Å². The van der Waals surface area contributed by atoms with Crippen LogP contribution in [0.2, 0.25) is 0 Å². The third-order valence-corrected chi connectivity index (χ3v) is 4.63. The number of hydrogen-bond acceptors (Lipinski definition) is 3. The van der Waals surface area contributed by atoms with Crippen molar-refractivity contribution in [1.29, 1.82) is 0 Å². The smallest absolute Gasteiger partial charge is 0.255 e. The predicted octanol–water partition coefficient (Wildman–Crippen LogP) is 2.54. The molecule has 0 radical (unpaired) electrons. The summed E-state index contributed by atoms with van der Waals surface area (Å²) in [7, 11) is 3.29. The molecule has 0 aromatic heterocycles. The SMILES string of the molecule is COC1CN(C(=O)c2cc(I)ccc2Br)CC1OC. The quantitative estimate of drug-likeness (QED) is 0.679. The number of hydrogen-bond donors (Lipinski definition) is 0. The highest BCUT2D eigenvalue weighted by atomic mass is 127. The van der Waals surface area contributed by atoms with Crippen molar-refractivity contribution in [1.82, 2.24) is 4.90 Å². The van der Waals surface area contributed by atoms with Crippen LogP contribution in [0.25, 0.3) is 0 Å². The summed E-state index contributed by atoms with van der Waals surface area (Å²) < 4.78 is 12.6. The third kappa shape index (κ3) is 3.29. The van der Waals surface area contributed by atoms with Crippen molar-refractivity contribution in [3.05, 3.63) is 31.8 Å². The van der Waals surface area contributed by atoms with Crippen molar-refractivity contribution < 1.29 is 14.3 Å². The number of methoxy groups -OCH3 is 2. The molecule has 1 fully saturated rings. The van der Waals surface area contributed by atoms with E-state index in [2.05, 4.69) is 38.5 Å². The number of nitrogens with zero attached hydrogens (tertiary/aromatic N) is 1. The second-order valence-electron chi connectivity index (χ2n) is 4.38. The van der Waals surface area contributed by atoms with Crippen LogP contribution in [-0.4, -0.2) is 50.3 Å². The van der Waals surface area contributed by atoms with Gasteiger partial charge in [-0.1, -0.05) is 0 Å². The van der Waals surface area contributed by atoms with E-state index >= 15 is 0 Å². The van der Waals surface area contributed by atoms with Gasteiger partial charge in [-0.2, -0.15) is 0 Å². The van der Waals surface area contributed by atoms with Crippen LogP contribution in [0.3, 0.4) is 0 Å². The van der Waals surface area contributed by atoms with Crippen molar-refractivity contribution in [2.75, 3.05) is 27.3 Å². The van der Waals surface area contributed by atoms with Crippen molar-refractivity contribution in [2.24, 2.45) is 0 Å². The molecule has 2 atom stereocenters. The number of ether oxygens (including phenoxy) is 2. The maximum Gasteiger partial charge on any atom is 0.255 e. The minimum absolute atomic E-state index is 0.00647. The van der Waals surface area contributed by atoms with Gasteiger partial charge in [-0.15, -0.1) is 0 Å². The zero-order valence-electron chi connectivity index (χ0n) is 10.7. The molecule has 1 aromatic carbocycles. The molecule has 2 unspecified atom stereocenters. The Hall–Kier alpha value is -0.180. The lowest BCUT2D eigenvalue weighted by atomic mass is 10.2. The lowest BCUT2D eigenvalue weighted by Crippen LogP contribution is -2.30. The van der Waals surface area contributed by atoms with E-state index in [1.165, 1.54) is 0 Å². The van der Waals surface area contributed by atoms with E-state index in [9.17, 15) is 4.79 Å². The van der Waals surface area contributed by atoms with E-state index in [1.807, 2.05) is 18.2 Å². The Labute approximate surface area is 134 Å². The molecule has 2 rings (SSSR count). The summed E-state index contributed by atoms with van der Waals surface area (Å²) in [5.74, 6) is 0.00647. The van der Waals surface area contributed by atoms with E-state index in [0.29, 0.717) is 18.7 Å². The number of rotatable bonds is 3. The van der Waals surface area contributed by atoms with Crippen molar-refractivity contribution >= 4 is 44.4 Å². The first-order valence-corrected chi connectivity index (χ1v) is 7.74. The molecular formula is C13H15BrINO3. The van der Waals surface area contributed by atoms with Gasteiger partial charge in [0.25, 0.3) is 5.91 Å². The van der Waals surface area contributed by atoms with Crippen LogP contribution in [0.1, 0.15) is 10.4 Å². The standard InChI is InChI=1S/C13H15BrINO3/c1-18-11-6-16(7-12(11)19-2)13(17)9-5-8(15)3-4-10(9)14/h3-5,11-12H,6-7H2,1-2H3. The fraction of sp³-hybridized carbons (Fsp3) is 0.462. The van der Waals surface area contributed by atoms with Crippen LogP contribution >= 0.6 is 38.5 Å². The maximum atomic E-state index is 12.5. The Balaban J connectivity index is 2.19. The second-order valence-corrected chi connectivity index (χ2v) is 6.48. The zero-order chi connectivity index (χ0) is 14.0. The van der Waals surface area contributed by atoms with E-state index in [-0.39, 0.29) is 18.1 Å². The van der Waals surface area contributed by atoms with Crippen LogP contribution in [-0.2, 0) is 9.47 Å². The summed E-state index contributed by atoms with van der Waals surface area (Å²) in [6.45, 7) is 1.12. The number of benzene rings is 1. The predicted molar refractivity (Wildman–Crippen MR) is 84.4 cm³/mol. The summed E-state index contributed by atoms with van der Waals surface area (Å²) in [6.07, 6.45) is -0.119. The Morgan fingerprint density at radius 1 is 1.32 bits per heavy atom. The molecule has 0 spiro atoms. The zero-order valence-corrected chi connectivity index (χ0v) is 14.5. The van der Waals surface area contributed by atoms with E-state index in [1.54, 1.807) is 19.1 Å². The number of halogens is 2. The third-order valence-electron chi connectivity index (χ3n) is 3.27. The Kier molecular flexibility index (Phi) is 5.22. The van der Waals surface area contributed by atoms with E-state index in [4.69, 9.17) is 9.47 Å². The minimum atomic E-state index is -0.0597. The van der Waals surface area contributed by atoms with Crippen LogP contribution < -0.4 is 0 Å². The molecule has 4 nitrogen and oxygen atoms in total. The topological polar surface area (TPSA) is 38.8 Å². The first kappa shape index (κ1) is 15.2. The van der Waals surface area contributed by atoms with E-state index < -0.39 is 0 Å². The fourth-order valence-electron chi connectivity index (χ4n) is 2.19. The molecule has 104 valence electrons. The molecule has 0 bridgehead atoms. The van der Waals surface area contributed by atoms with Crippen molar-refractivity contribution in [3.63, 3.8) is 0 Å². The monoisotopic (exact) mass is 439 g/mol. The normalized spacial score (nSPS) is 22.8. The number of carbonyl (C=O) groups is 1. The minimum Gasteiger partial charge on any atom is -0.377 e. The molecule has 1 saturated heterocycles. The number of amides is 1. The van der Waals surface area contributed by atoms with Gasteiger partial charge in [0, 0.05) is 35.4 Å². The largest absolute Gasteiger partial charge is 0.377 e. The maximum absolute atomic E-state index is 12.5. The fourth-order valence-corrected chi connectivity index (χ4v) is 3.10. The summed E-state index contributed by atoms with van der Waals surface area (Å²) in [6, 6.07) is 5.74. The molecular weight excluding hydrogens is 425 g/mol. The Bertz CT molecular complexity index is 471. The van der Waals surface area contributed by atoms with Gasteiger partial charge in [0.15, 0.2) is 0 Å². The van der Waals surface area contributed by atoms with Gasteiger partial charge >= 0.3 is 0 Å². The first-order chi connectivity index (χ1) is 9.06. The highest BCUT2D eigenvalue weighted by molar-refractivity contribution is 14.1. The summed E-state index contributed by atoms with van der Waals surface area (Å²) in [4.78, 5) is 14.3. The Morgan fingerprint density at radius 2 is 1.89 bits per heavy atom. The summed E-state index contributed by atoms with van der Waals surface area (Å²) in [5.41, 5.74) is 0.679. The highest BCUT2D eigenvalue weighted by Gasteiger charge is 2.36. The summed E-state index contributed by atoms with van der Waals surface area (Å²) in [5, 5.41) is 0. The molecule has 0 aliphatic carbocycles. The van der Waals surface area contributed by atoms with Gasteiger partial charge in [-0.3, -0.25) is 4.79 Å². The van der Waals surface area contributed by atoms with Crippen LogP contribution in [0.4, 0.5) is 0 Å². The summed E-state index contributed by atoms with van der Waals surface area (Å²) >= 11 is 5.63. The van der Waals surface area contributed by atoms with Crippen molar-refractivity contribution in [3.8, 4) is 0 Å². The van der Waals surface area contributed by atoms with Crippen LogP contribution in [0.15, 0.2) is 22.7 Å². The molecule has 19 heavy (non-hydrogen) atoms. The lowest BCUT2D eigenvalue weighted by molar-refractivity contribution is -0.00461. The van der Waals surface area contributed by atoms with Gasteiger partial charge < -0.3 is 14.4 Å².